The van der Waals surface area contributed by atoms with E-state index in [1.54, 1.807) is 0 Å². The first kappa shape index (κ1) is 11.3. The van der Waals surface area contributed by atoms with E-state index in [4.69, 9.17) is 4.74 Å². The summed E-state index contributed by atoms with van der Waals surface area (Å²) in [5, 5.41) is 0. The van der Waals surface area contributed by atoms with E-state index in [1.165, 1.54) is 32.1 Å². The van der Waals surface area contributed by atoms with Crippen LogP contribution in [0.3, 0.4) is 0 Å². The van der Waals surface area contributed by atoms with Crippen molar-refractivity contribution in [2.75, 3.05) is 0 Å². The first-order valence-corrected chi connectivity index (χ1v) is 5.64. The van der Waals surface area contributed by atoms with Gasteiger partial charge in [0, 0.05) is 12.3 Å². The number of carbonyl (C=O) groups is 1. The first-order valence-electron chi connectivity index (χ1n) is 5.64. The Bertz CT molecular complexity index is 212. The molecule has 0 aromatic rings. The molecule has 0 bridgehead atoms. The van der Waals surface area contributed by atoms with Crippen LogP contribution in [0.1, 0.15) is 52.4 Å². The molecule has 2 nitrogen and oxygen atoms in total. The van der Waals surface area contributed by atoms with Crippen LogP contribution in [0.4, 0.5) is 0 Å². The lowest BCUT2D eigenvalue weighted by Crippen LogP contribution is -2.14. The first-order chi connectivity index (χ1) is 6.77. The molecule has 0 spiro atoms. The normalized spacial score (nSPS) is 19.4. The summed E-state index contributed by atoms with van der Waals surface area (Å²) in [5.74, 6) is 1.28. The smallest absolute Gasteiger partial charge is 0.310 e. The monoisotopic (exact) mass is 196 g/mol. The molecule has 1 aliphatic carbocycles. The fraction of sp³-hybridized carbons (Fsp3) is 0.750. The Kier molecular flexibility index (Phi) is 4.71. The van der Waals surface area contributed by atoms with Gasteiger partial charge in [0.1, 0.15) is 5.76 Å². The van der Waals surface area contributed by atoms with Crippen molar-refractivity contribution in [3.8, 4) is 0 Å². The molecule has 0 N–H and O–H groups in total. The number of hydrogen-bond donors (Lipinski definition) is 0. The lowest BCUT2D eigenvalue weighted by atomic mass is 9.87. The van der Waals surface area contributed by atoms with Crippen molar-refractivity contribution in [1.29, 1.82) is 0 Å². The van der Waals surface area contributed by atoms with Gasteiger partial charge in [-0.2, -0.15) is 0 Å². The van der Waals surface area contributed by atoms with Crippen molar-refractivity contribution in [2.24, 2.45) is 5.92 Å². The highest BCUT2D eigenvalue weighted by Crippen LogP contribution is 2.30. The van der Waals surface area contributed by atoms with Crippen LogP contribution in [0.2, 0.25) is 0 Å². The molecule has 80 valence electrons. The van der Waals surface area contributed by atoms with Gasteiger partial charge in [-0.1, -0.05) is 26.2 Å². The molecule has 1 rings (SSSR count). The van der Waals surface area contributed by atoms with Crippen LogP contribution in [-0.4, -0.2) is 5.97 Å². The molecule has 1 fully saturated rings. The molecule has 0 aliphatic heterocycles. The largest absolute Gasteiger partial charge is 0.431 e. The van der Waals surface area contributed by atoms with Gasteiger partial charge in [0.05, 0.1) is 0 Å². The molecular formula is C12H20O2. The molecule has 14 heavy (non-hydrogen) atoms. The van der Waals surface area contributed by atoms with Gasteiger partial charge in [0.2, 0.25) is 0 Å². The van der Waals surface area contributed by atoms with Gasteiger partial charge in [0.15, 0.2) is 0 Å². The predicted molar refractivity (Wildman–Crippen MR) is 56.7 cm³/mol. The standard InChI is InChI=1S/C12H20O2/c1-3-11(14-12(13)4-2)10-8-6-5-7-9-10/h3,10H,4-9H2,1-2H3. The highest BCUT2D eigenvalue weighted by Gasteiger charge is 2.19. The fourth-order valence-electron chi connectivity index (χ4n) is 1.97. The molecule has 2 heteroatoms. The lowest BCUT2D eigenvalue weighted by molar-refractivity contribution is -0.140. The number of ether oxygens (including phenoxy) is 1. The molecule has 1 aliphatic rings. The summed E-state index contributed by atoms with van der Waals surface area (Å²) in [6.07, 6.45) is 8.63. The van der Waals surface area contributed by atoms with E-state index >= 15 is 0 Å². The molecule has 0 atom stereocenters. The zero-order chi connectivity index (χ0) is 10.4. The fourth-order valence-corrected chi connectivity index (χ4v) is 1.97. The van der Waals surface area contributed by atoms with Gasteiger partial charge in [-0.15, -0.1) is 0 Å². The van der Waals surface area contributed by atoms with Gasteiger partial charge in [-0.25, -0.2) is 0 Å². The van der Waals surface area contributed by atoms with Crippen LogP contribution in [-0.2, 0) is 9.53 Å². The van der Waals surface area contributed by atoms with Gasteiger partial charge in [0.25, 0.3) is 0 Å². The van der Waals surface area contributed by atoms with E-state index in [0.717, 1.165) is 5.76 Å². The van der Waals surface area contributed by atoms with E-state index in [2.05, 4.69) is 0 Å². The van der Waals surface area contributed by atoms with Crippen LogP contribution < -0.4 is 0 Å². The Balaban J connectivity index is 2.48. The van der Waals surface area contributed by atoms with Gasteiger partial charge < -0.3 is 4.74 Å². The molecular weight excluding hydrogens is 176 g/mol. The summed E-state index contributed by atoms with van der Waals surface area (Å²) in [5.41, 5.74) is 0. The molecule has 0 saturated heterocycles. The highest BCUT2D eigenvalue weighted by molar-refractivity contribution is 5.70. The van der Waals surface area contributed by atoms with Crippen LogP contribution in [0.15, 0.2) is 11.8 Å². The quantitative estimate of drug-likeness (QED) is 0.510. The molecule has 0 heterocycles. The second-order valence-corrected chi connectivity index (χ2v) is 3.85. The van der Waals surface area contributed by atoms with Crippen molar-refractivity contribution in [2.45, 2.75) is 52.4 Å². The number of esters is 1. The molecule has 0 radical (unpaired) electrons. The number of hydrogen-bond acceptors (Lipinski definition) is 2. The minimum Gasteiger partial charge on any atom is -0.431 e. The Labute approximate surface area is 86.3 Å². The van der Waals surface area contributed by atoms with E-state index in [1.807, 2.05) is 19.9 Å². The minimum atomic E-state index is -0.108. The lowest BCUT2D eigenvalue weighted by Gasteiger charge is -2.23. The van der Waals surface area contributed by atoms with Crippen molar-refractivity contribution < 1.29 is 9.53 Å². The number of allylic oxidation sites excluding steroid dienone is 2. The summed E-state index contributed by atoms with van der Waals surface area (Å²) in [6.45, 7) is 3.78. The third-order valence-electron chi connectivity index (χ3n) is 2.81. The van der Waals surface area contributed by atoms with Crippen LogP contribution in [0.5, 0.6) is 0 Å². The van der Waals surface area contributed by atoms with E-state index in [0.29, 0.717) is 12.3 Å². The molecule has 0 unspecified atom stereocenters. The van der Waals surface area contributed by atoms with Crippen LogP contribution in [0.25, 0.3) is 0 Å². The Morgan fingerprint density at radius 1 is 1.36 bits per heavy atom. The van der Waals surface area contributed by atoms with Gasteiger partial charge in [-0.05, 0) is 25.8 Å². The Morgan fingerprint density at radius 2 is 2.00 bits per heavy atom. The maximum atomic E-state index is 11.2. The van der Waals surface area contributed by atoms with Crippen molar-refractivity contribution in [1.82, 2.24) is 0 Å². The Morgan fingerprint density at radius 3 is 2.50 bits per heavy atom. The second-order valence-electron chi connectivity index (χ2n) is 3.85. The highest BCUT2D eigenvalue weighted by atomic mass is 16.5. The SMILES string of the molecule is CC=C(OC(=O)CC)C1CCCCC1. The Hall–Kier alpha value is -0.790. The minimum absolute atomic E-state index is 0.108. The van der Waals surface area contributed by atoms with Gasteiger partial charge >= 0.3 is 5.97 Å². The second kappa shape index (κ2) is 5.84. The summed E-state index contributed by atoms with van der Waals surface area (Å²) in [7, 11) is 0. The summed E-state index contributed by atoms with van der Waals surface area (Å²) >= 11 is 0. The van der Waals surface area contributed by atoms with Gasteiger partial charge in [-0.3, -0.25) is 4.79 Å². The molecule has 0 aromatic heterocycles. The average Bonchev–Trinajstić information content (AvgIpc) is 2.26. The van der Waals surface area contributed by atoms with Crippen molar-refractivity contribution in [3.63, 3.8) is 0 Å². The summed E-state index contributed by atoms with van der Waals surface area (Å²) < 4.78 is 5.31. The third-order valence-corrected chi connectivity index (χ3v) is 2.81. The van der Waals surface area contributed by atoms with E-state index in [-0.39, 0.29) is 5.97 Å². The van der Waals surface area contributed by atoms with Crippen molar-refractivity contribution in [3.05, 3.63) is 11.8 Å². The number of rotatable bonds is 3. The van der Waals surface area contributed by atoms with Crippen LogP contribution in [0, 0.1) is 5.92 Å². The van der Waals surface area contributed by atoms with E-state index < -0.39 is 0 Å². The maximum absolute atomic E-state index is 11.2. The molecule has 1 saturated carbocycles. The number of carbonyl (C=O) groups excluding carboxylic acids is 1. The summed E-state index contributed by atoms with van der Waals surface area (Å²) in [6, 6.07) is 0. The average molecular weight is 196 g/mol. The zero-order valence-corrected chi connectivity index (χ0v) is 9.21. The summed E-state index contributed by atoms with van der Waals surface area (Å²) in [4.78, 5) is 11.2. The van der Waals surface area contributed by atoms with Crippen LogP contribution >= 0.6 is 0 Å². The van der Waals surface area contributed by atoms with E-state index in [9.17, 15) is 4.79 Å². The zero-order valence-electron chi connectivity index (χ0n) is 9.21. The predicted octanol–water partition coefficient (Wildman–Crippen LogP) is 3.42. The molecule has 0 amide bonds. The maximum Gasteiger partial charge on any atom is 0.310 e. The third kappa shape index (κ3) is 3.17. The topological polar surface area (TPSA) is 26.3 Å². The van der Waals surface area contributed by atoms with Crippen molar-refractivity contribution >= 4 is 5.97 Å². The molecule has 0 aromatic carbocycles.